The quantitative estimate of drug-likeness (QED) is 0.593. The van der Waals surface area contributed by atoms with Crippen molar-refractivity contribution < 1.29 is 4.79 Å². The second-order valence-corrected chi connectivity index (χ2v) is 6.14. The van der Waals surface area contributed by atoms with Gasteiger partial charge in [-0.15, -0.1) is 0 Å². The molecule has 2 N–H and O–H groups in total. The van der Waals surface area contributed by atoms with E-state index in [-0.39, 0.29) is 17.9 Å². The maximum atomic E-state index is 12.4. The molecule has 1 amide bonds. The lowest BCUT2D eigenvalue weighted by Crippen LogP contribution is -2.28. The van der Waals surface area contributed by atoms with Crippen molar-refractivity contribution in [1.29, 1.82) is 0 Å². The second-order valence-electron chi connectivity index (χ2n) is 6.14. The molecule has 26 heavy (non-hydrogen) atoms. The van der Waals surface area contributed by atoms with Crippen LogP contribution in [0.1, 0.15) is 22.0 Å². The summed E-state index contributed by atoms with van der Waals surface area (Å²) >= 11 is 0. The van der Waals surface area contributed by atoms with Gasteiger partial charge in [0.05, 0.1) is 28.5 Å². The Morgan fingerprint density at radius 2 is 1.88 bits per heavy atom. The van der Waals surface area contributed by atoms with Gasteiger partial charge in [-0.3, -0.25) is 9.59 Å². The van der Waals surface area contributed by atoms with Gasteiger partial charge >= 0.3 is 0 Å². The number of amides is 1. The summed E-state index contributed by atoms with van der Waals surface area (Å²) in [5.41, 5.74) is 3.19. The Morgan fingerprint density at radius 1 is 1.12 bits per heavy atom. The van der Waals surface area contributed by atoms with Crippen molar-refractivity contribution in [3.8, 4) is 0 Å². The molecule has 2 aromatic carbocycles. The van der Waals surface area contributed by atoms with Crippen LogP contribution in [0.4, 0.5) is 0 Å². The number of nitrogens with one attached hydrogen (secondary N) is 2. The summed E-state index contributed by atoms with van der Waals surface area (Å²) in [6, 6.07) is 12.8. The Hall–Kier alpha value is -3.48. The van der Waals surface area contributed by atoms with E-state index >= 15 is 0 Å². The number of nitrogens with zero attached hydrogens (tertiary/aromatic N) is 3. The highest BCUT2D eigenvalue weighted by molar-refractivity contribution is 5.92. The lowest BCUT2D eigenvalue weighted by molar-refractivity contribution is 0.0939. The van der Waals surface area contributed by atoms with Gasteiger partial charge in [-0.25, -0.2) is 9.97 Å². The molecular weight excluding hydrogens is 330 g/mol. The lowest BCUT2D eigenvalue weighted by Gasteiger charge is -2.06. The summed E-state index contributed by atoms with van der Waals surface area (Å²) in [6.45, 7) is 2.26. The molecule has 0 unspecified atom stereocenters. The second kappa shape index (κ2) is 6.11. The number of H-pyrrole nitrogens is 1. The van der Waals surface area contributed by atoms with E-state index in [2.05, 4.69) is 20.3 Å². The summed E-state index contributed by atoms with van der Waals surface area (Å²) in [5.74, 6) is 0.270. The molecule has 0 aliphatic heterocycles. The standard InChI is InChI=1S/C19H17N5O2/c1-11-6-5-9-14-16(11)24(2)15(21-14)10-20-19(26)17-22-13-8-4-3-7-12(13)18(25)23-17/h3-9H,10H2,1-2H3,(H,20,26)(H,22,23,25). The van der Waals surface area contributed by atoms with Gasteiger partial charge in [0.15, 0.2) is 5.82 Å². The topological polar surface area (TPSA) is 92.7 Å². The zero-order valence-corrected chi connectivity index (χ0v) is 14.4. The molecule has 0 saturated carbocycles. The highest BCUT2D eigenvalue weighted by Crippen LogP contribution is 2.18. The van der Waals surface area contributed by atoms with Crippen LogP contribution in [-0.4, -0.2) is 25.4 Å². The van der Waals surface area contributed by atoms with E-state index in [1.807, 2.05) is 36.7 Å². The van der Waals surface area contributed by atoms with Crippen LogP contribution in [0.25, 0.3) is 21.9 Å². The SMILES string of the molecule is Cc1cccc2nc(CNC(=O)c3nc4ccccc4c(=O)[nH]3)n(C)c12. The predicted octanol–water partition coefficient (Wildman–Crippen LogP) is 2.05. The molecule has 130 valence electrons. The van der Waals surface area contributed by atoms with Crippen molar-refractivity contribution >= 4 is 27.8 Å². The summed E-state index contributed by atoms with van der Waals surface area (Å²) < 4.78 is 1.96. The first-order valence-electron chi connectivity index (χ1n) is 8.23. The molecule has 0 radical (unpaired) electrons. The van der Waals surface area contributed by atoms with Crippen molar-refractivity contribution in [2.24, 2.45) is 7.05 Å². The predicted molar refractivity (Wildman–Crippen MR) is 99.0 cm³/mol. The maximum absolute atomic E-state index is 12.4. The third-order valence-corrected chi connectivity index (χ3v) is 4.42. The number of imidazole rings is 1. The Bertz CT molecular complexity index is 1210. The number of carbonyl (C=O) groups excluding carboxylic acids is 1. The molecular formula is C19H17N5O2. The average molecular weight is 347 g/mol. The van der Waals surface area contributed by atoms with Gasteiger partial charge < -0.3 is 14.9 Å². The molecule has 0 spiro atoms. The fourth-order valence-electron chi connectivity index (χ4n) is 3.11. The summed E-state index contributed by atoms with van der Waals surface area (Å²) in [4.78, 5) is 35.8. The first-order chi connectivity index (χ1) is 12.5. The Labute approximate surface area is 148 Å². The molecule has 0 bridgehead atoms. The van der Waals surface area contributed by atoms with Gasteiger partial charge in [0.1, 0.15) is 5.82 Å². The number of para-hydroxylation sites is 2. The van der Waals surface area contributed by atoms with Crippen LogP contribution < -0.4 is 10.9 Å². The molecule has 0 saturated heterocycles. The van der Waals surface area contributed by atoms with E-state index in [1.165, 1.54) is 0 Å². The summed E-state index contributed by atoms with van der Waals surface area (Å²) in [5, 5.41) is 3.23. The van der Waals surface area contributed by atoms with E-state index in [9.17, 15) is 9.59 Å². The van der Waals surface area contributed by atoms with Crippen LogP contribution in [0.5, 0.6) is 0 Å². The number of aromatic amines is 1. The lowest BCUT2D eigenvalue weighted by atomic mass is 10.2. The summed E-state index contributed by atoms with van der Waals surface area (Å²) in [7, 11) is 1.92. The molecule has 0 atom stereocenters. The van der Waals surface area contributed by atoms with Crippen LogP contribution in [0.15, 0.2) is 47.3 Å². The molecule has 0 aliphatic rings. The molecule has 7 heteroatoms. The Kier molecular flexibility index (Phi) is 3.76. The number of rotatable bonds is 3. The van der Waals surface area contributed by atoms with E-state index in [0.29, 0.717) is 10.9 Å². The largest absolute Gasteiger partial charge is 0.342 e. The van der Waals surface area contributed by atoms with Crippen molar-refractivity contribution in [1.82, 2.24) is 24.8 Å². The maximum Gasteiger partial charge on any atom is 0.287 e. The van der Waals surface area contributed by atoms with Gasteiger partial charge in [0.25, 0.3) is 11.5 Å². The molecule has 2 aromatic heterocycles. The molecule has 4 aromatic rings. The van der Waals surface area contributed by atoms with Gasteiger partial charge in [0, 0.05) is 7.05 Å². The summed E-state index contributed by atoms with van der Waals surface area (Å²) in [6.07, 6.45) is 0. The number of fused-ring (bicyclic) bond motifs is 2. The van der Waals surface area contributed by atoms with Crippen LogP contribution in [0, 0.1) is 6.92 Å². The number of carbonyl (C=O) groups is 1. The molecule has 7 nitrogen and oxygen atoms in total. The van der Waals surface area contributed by atoms with Gasteiger partial charge in [-0.2, -0.15) is 0 Å². The normalized spacial score (nSPS) is 11.2. The van der Waals surface area contributed by atoms with Crippen LogP contribution in [-0.2, 0) is 13.6 Å². The number of aryl methyl sites for hydroxylation is 2. The highest BCUT2D eigenvalue weighted by Gasteiger charge is 2.14. The van der Waals surface area contributed by atoms with E-state index < -0.39 is 5.91 Å². The van der Waals surface area contributed by atoms with Crippen molar-refractivity contribution in [2.45, 2.75) is 13.5 Å². The monoisotopic (exact) mass is 347 g/mol. The fraction of sp³-hybridized carbons (Fsp3) is 0.158. The minimum Gasteiger partial charge on any atom is -0.342 e. The zero-order chi connectivity index (χ0) is 18.3. The van der Waals surface area contributed by atoms with Gasteiger partial charge in [0.2, 0.25) is 0 Å². The third-order valence-electron chi connectivity index (χ3n) is 4.42. The first kappa shape index (κ1) is 16.0. The third kappa shape index (κ3) is 2.63. The molecule has 0 aliphatic carbocycles. The van der Waals surface area contributed by atoms with E-state index in [4.69, 9.17) is 0 Å². The number of aromatic nitrogens is 4. The number of benzene rings is 2. The van der Waals surface area contributed by atoms with Crippen molar-refractivity contribution in [3.05, 3.63) is 70.0 Å². The van der Waals surface area contributed by atoms with Crippen LogP contribution in [0.2, 0.25) is 0 Å². The van der Waals surface area contributed by atoms with Crippen LogP contribution in [0.3, 0.4) is 0 Å². The van der Waals surface area contributed by atoms with E-state index in [0.717, 1.165) is 22.4 Å². The number of hydrogen-bond acceptors (Lipinski definition) is 4. The first-order valence-corrected chi connectivity index (χ1v) is 8.23. The smallest absolute Gasteiger partial charge is 0.287 e. The minimum absolute atomic E-state index is 0.0105. The van der Waals surface area contributed by atoms with Gasteiger partial charge in [-0.1, -0.05) is 24.3 Å². The minimum atomic E-state index is -0.448. The van der Waals surface area contributed by atoms with E-state index in [1.54, 1.807) is 24.3 Å². The molecule has 4 rings (SSSR count). The Balaban J connectivity index is 1.61. The molecule has 0 fully saturated rings. The van der Waals surface area contributed by atoms with Crippen molar-refractivity contribution in [2.75, 3.05) is 0 Å². The zero-order valence-electron chi connectivity index (χ0n) is 14.4. The number of hydrogen-bond donors (Lipinski definition) is 2. The highest BCUT2D eigenvalue weighted by atomic mass is 16.2. The van der Waals surface area contributed by atoms with Gasteiger partial charge in [-0.05, 0) is 30.7 Å². The average Bonchev–Trinajstić information content (AvgIpc) is 2.97. The van der Waals surface area contributed by atoms with Crippen molar-refractivity contribution in [3.63, 3.8) is 0 Å². The van der Waals surface area contributed by atoms with Crippen LogP contribution >= 0.6 is 0 Å². The Morgan fingerprint density at radius 3 is 2.69 bits per heavy atom. The molecule has 2 heterocycles. The fourth-order valence-corrected chi connectivity index (χ4v) is 3.11.